The Morgan fingerprint density at radius 3 is 2.60 bits per heavy atom. The van der Waals surface area contributed by atoms with Gasteiger partial charge >= 0.3 is 0 Å². The van der Waals surface area contributed by atoms with Crippen LogP contribution in [0.2, 0.25) is 5.02 Å². The van der Waals surface area contributed by atoms with Gasteiger partial charge < -0.3 is 15.1 Å². The number of hydrogen-bond donors (Lipinski definition) is 1. The summed E-state index contributed by atoms with van der Waals surface area (Å²) < 4.78 is 0. The maximum absolute atomic E-state index is 6.20. The summed E-state index contributed by atoms with van der Waals surface area (Å²) in [4.78, 5) is 17.4. The van der Waals surface area contributed by atoms with Crippen LogP contribution < -0.4 is 15.1 Å². The zero-order valence-corrected chi connectivity index (χ0v) is 12.7. The second-order valence-corrected chi connectivity index (χ2v) is 5.68. The van der Waals surface area contributed by atoms with Gasteiger partial charge in [0.05, 0.1) is 6.20 Å². The van der Waals surface area contributed by atoms with E-state index >= 15 is 0 Å². The van der Waals surface area contributed by atoms with Crippen LogP contribution in [0.25, 0.3) is 0 Å². The van der Waals surface area contributed by atoms with Crippen molar-refractivity contribution in [2.45, 2.75) is 0 Å². The van der Waals surface area contributed by atoms with E-state index in [1.54, 1.807) is 24.6 Å². The van der Waals surface area contributed by atoms with Crippen LogP contribution in [0.3, 0.4) is 0 Å². The lowest BCUT2D eigenvalue weighted by Crippen LogP contribution is -2.47. The number of nitrogens with one attached hydrogen (secondary N) is 1. The monoisotopic (exact) mass is 310 g/mol. The molecule has 1 saturated heterocycles. The average Bonchev–Trinajstić information content (AvgIpc) is 3.02. The Morgan fingerprint density at radius 1 is 1.20 bits per heavy atom. The minimum absolute atomic E-state index is 0.590. The molecule has 20 heavy (non-hydrogen) atoms. The molecule has 3 heterocycles. The van der Waals surface area contributed by atoms with Gasteiger partial charge in [-0.15, -0.1) is 11.3 Å². The van der Waals surface area contributed by atoms with Crippen molar-refractivity contribution >= 4 is 39.8 Å². The van der Waals surface area contributed by atoms with Crippen LogP contribution in [0, 0.1) is 0 Å². The molecule has 1 N–H and O–H groups in total. The van der Waals surface area contributed by atoms with E-state index in [-0.39, 0.29) is 0 Å². The lowest BCUT2D eigenvalue weighted by Gasteiger charge is -2.35. The van der Waals surface area contributed by atoms with Gasteiger partial charge in [-0.25, -0.2) is 9.97 Å². The molecule has 0 bridgehead atoms. The summed E-state index contributed by atoms with van der Waals surface area (Å²) in [5.74, 6) is 1.39. The summed E-state index contributed by atoms with van der Waals surface area (Å²) in [5.41, 5.74) is 0. The summed E-state index contributed by atoms with van der Waals surface area (Å²) >= 11 is 7.87. The normalized spacial score (nSPS) is 15.5. The van der Waals surface area contributed by atoms with Gasteiger partial charge in [-0.2, -0.15) is 4.98 Å². The van der Waals surface area contributed by atoms with Crippen molar-refractivity contribution in [2.75, 3.05) is 48.3 Å². The van der Waals surface area contributed by atoms with Crippen molar-refractivity contribution in [3.63, 3.8) is 0 Å². The molecule has 1 aliphatic rings. The lowest BCUT2D eigenvalue weighted by atomic mass is 10.3. The summed E-state index contributed by atoms with van der Waals surface area (Å²) in [6.07, 6.45) is 3.48. The van der Waals surface area contributed by atoms with Crippen LogP contribution in [0.1, 0.15) is 0 Å². The highest BCUT2D eigenvalue weighted by Crippen LogP contribution is 2.26. The third-order valence-electron chi connectivity index (χ3n) is 3.22. The molecule has 2 aromatic heterocycles. The van der Waals surface area contributed by atoms with Crippen LogP contribution in [0.5, 0.6) is 0 Å². The topological polar surface area (TPSA) is 57.2 Å². The molecule has 2 aromatic rings. The van der Waals surface area contributed by atoms with Gasteiger partial charge in [-0.1, -0.05) is 11.6 Å². The Kier molecular flexibility index (Phi) is 3.88. The van der Waals surface area contributed by atoms with Gasteiger partial charge in [-0.3, -0.25) is 0 Å². The van der Waals surface area contributed by atoms with Crippen LogP contribution in [-0.4, -0.2) is 48.2 Å². The van der Waals surface area contributed by atoms with Gasteiger partial charge in [0.25, 0.3) is 0 Å². The predicted octanol–water partition coefficient (Wildman–Crippen LogP) is 1.95. The quantitative estimate of drug-likeness (QED) is 0.935. The van der Waals surface area contributed by atoms with Gasteiger partial charge in [-0.05, 0) is 0 Å². The molecule has 0 aliphatic carbocycles. The highest BCUT2D eigenvalue weighted by molar-refractivity contribution is 7.13. The fourth-order valence-electron chi connectivity index (χ4n) is 2.18. The number of piperazine rings is 1. The highest BCUT2D eigenvalue weighted by Gasteiger charge is 2.21. The molecule has 1 aliphatic heterocycles. The molecule has 0 spiro atoms. The number of aromatic nitrogens is 3. The van der Waals surface area contributed by atoms with E-state index in [1.807, 2.05) is 11.6 Å². The first-order valence-electron chi connectivity index (χ1n) is 6.37. The zero-order chi connectivity index (χ0) is 13.9. The highest BCUT2D eigenvalue weighted by atomic mass is 35.5. The summed E-state index contributed by atoms with van der Waals surface area (Å²) in [6, 6.07) is 0. The van der Waals surface area contributed by atoms with E-state index in [9.17, 15) is 0 Å². The van der Waals surface area contributed by atoms with E-state index in [1.165, 1.54) is 0 Å². The van der Waals surface area contributed by atoms with Gasteiger partial charge in [0.2, 0.25) is 5.95 Å². The van der Waals surface area contributed by atoms with Crippen LogP contribution in [0.4, 0.5) is 16.9 Å². The van der Waals surface area contributed by atoms with Crippen molar-refractivity contribution in [3.05, 3.63) is 22.8 Å². The van der Waals surface area contributed by atoms with E-state index in [2.05, 4.69) is 30.1 Å². The largest absolute Gasteiger partial charge is 0.357 e. The fourth-order valence-corrected chi connectivity index (χ4v) is 3.09. The van der Waals surface area contributed by atoms with E-state index < -0.39 is 0 Å². The molecule has 0 aromatic carbocycles. The Balaban J connectivity index is 1.72. The Labute approximate surface area is 126 Å². The van der Waals surface area contributed by atoms with Crippen molar-refractivity contribution in [2.24, 2.45) is 0 Å². The number of hydrogen-bond acceptors (Lipinski definition) is 7. The Bertz CT molecular complexity index is 567. The SMILES string of the molecule is CNc1ncc(Cl)c(N2CCN(c3nccs3)CC2)n1. The van der Waals surface area contributed by atoms with Gasteiger partial charge in [0.1, 0.15) is 5.02 Å². The molecule has 6 nitrogen and oxygen atoms in total. The maximum Gasteiger partial charge on any atom is 0.224 e. The number of rotatable bonds is 3. The molecular formula is C12H15ClN6S. The summed E-state index contributed by atoms with van der Waals surface area (Å²) in [5, 5.41) is 6.61. The Hall–Kier alpha value is -1.60. The second-order valence-electron chi connectivity index (χ2n) is 4.40. The van der Waals surface area contributed by atoms with Crippen molar-refractivity contribution < 1.29 is 0 Å². The summed E-state index contributed by atoms with van der Waals surface area (Å²) in [7, 11) is 1.80. The number of nitrogens with zero attached hydrogens (tertiary/aromatic N) is 5. The molecule has 0 unspecified atom stereocenters. The smallest absolute Gasteiger partial charge is 0.224 e. The minimum Gasteiger partial charge on any atom is -0.357 e. The van der Waals surface area contributed by atoms with E-state index in [4.69, 9.17) is 11.6 Å². The fraction of sp³-hybridized carbons (Fsp3) is 0.417. The predicted molar refractivity (Wildman–Crippen MR) is 83.1 cm³/mol. The number of anilines is 3. The molecule has 0 radical (unpaired) electrons. The minimum atomic E-state index is 0.590. The Morgan fingerprint density at radius 2 is 1.95 bits per heavy atom. The van der Waals surface area contributed by atoms with Crippen LogP contribution in [-0.2, 0) is 0 Å². The van der Waals surface area contributed by atoms with E-state index in [0.717, 1.165) is 37.1 Å². The first-order chi connectivity index (χ1) is 9.78. The lowest BCUT2D eigenvalue weighted by molar-refractivity contribution is 0.646. The molecule has 8 heteroatoms. The molecule has 0 amide bonds. The maximum atomic E-state index is 6.20. The third-order valence-corrected chi connectivity index (χ3v) is 4.32. The molecule has 0 saturated carbocycles. The first-order valence-corrected chi connectivity index (χ1v) is 7.63. The van der Waals surface area contributed by atoms with Crippen molar-refractivity contribution in [1.29, 1.82) is 0 Å². The van der Waals surface area contributed by atoms with Gasteiger partial charge in [0.15, 0.2) is 10.9 Å². The molecule has 106 valence electrons. The van der Waals surface area contributed by atoms with Crippen LogP contribution >= 0.6 is 22.9 Å². The second kappa shape index (κ2) is 5.80. The third kappa shape index (κ3) is 2.64. The zero-order valence-electron chi connectivity index (χ0n) is 11.1. The molecular weight excluding hydrogens is 296 g/mol. The number of thiazole rings is 1. The summed E-state index contributed by atoms with van der Waals surface area (Å²) in [6.45, 7) is 3.59. The van der Waals surface area contributed by atoms with Crippen molar-refractivity contribution in [3.8, 4) is 0 Å². The van der Waals surface area contributed by atoms with Gasteiger partial charge in [0, 0.05) is 44.8 Å². The van der Waals surface area contributed by atoms with Crippen molar-refractivity contribution in [1.82, 2.24) is 15.0 Å². The standard InChI is InChI=1S/C12H15ClN6S/c1-14-11-16-8-9(13)10(17-11)18-3-5-19(6-4-18)12-15-2-7-20-12/h2,7-8H,3-6H2,1H3,(H,14,16,17). The van der Waals surface area contributed by atoms with Crippen LogP contribution in [0.15, 0.2) is 17.8 Å². The molecule has 3 rings (SSSR count). The first kappa shape index (κ1) is 13.4. The average molecular weight is 311 g/mol. The molecule has 0 atom stereocenters. The van der Waals surface area contributed by atoms with E-state index in [0.29, 0.717) is 11.0 Å². The number of halogens is 1. The molecule has 1 fully saturated rings.